The van der Waals surface area contributed by atoms with Gasteiger partial charge in [0.2, 0.25) is 0 Å². The Labute approximate surface area is 146 Å². The van der Waals surface area contributed by atoms with E-state index in [0.29, 0.717) is 6.04 Å². The molecule has 5 nitrogen and oxygen atoms in total. The highest BCUT2D eigenvalue weighted by atomic mass is 16.5. The molecular weight excluding hydrogens is 300 g/mol. The number of hydrogen-bond acceptors (Lipinski definition) is 5. The van der Waals surface area contributed by atoms with Crippen LogP contribution in [-0.4, -0.2) is 42.9 Å². The van der Waals surface area contributed by atoms with E-state index < -0.39 is 0 Å². The van der Waals surface area contributed by atoms with Crippen molar-refractivity contribution in [2.45, 2.75) is 64.7 Å². The van der Waals surface area contributed by atoms with E-state index in [1.165, 1.54) is 25.7 Å². The quantitative estimate of drug-likeness (QED) is 0.784. The lowest BCUT2D eigenvalue weighted by molar-refractivity contribution is -0.00546. The monoisotopic (exact) mass is 332 g/mol. The Balaban J connectivity index is 1.49. The molecule has 1 aliphatic heterocycles. The molecule has 0 aromatic carbocycles. The van der Waals surface area contributed by atoms with Crippen LogP contribution in [0.5, 0.6) is 0 Å². The zero-order valence-electron chi connectivity index (χ0n) is 15.3. The summed E-state index contributed by atoms with van der Waals surface area (Å²) in [7, 11) is 0. The number of morpholine rings is 1. The highest BCUT2D eigenvalue weighted by Gasteiger charge is 2.25. The molecule has 2 fully saturated rings. The fraction of sp³-hybridized carbons (Fsp3) is 0.737. The normalized spacial score (nSPS) is 30.1. The number of ether oxygens (including phenoxy) is 1. The van der Waals surface area contributed by atoms with Crippen LogP contribution in [0.4, 0.5) is 11.5 Å². The Morgan fingerprint density at radius 2 is 1.96 bits per heavy atom. The summed E-state index contributed by atoms with van der Waals surface area (Å²) in [6, 6.07) is 4.76. The summed E-state index contributed by atoms with van der Waals surface area (Å²) >= 11 is 0. The third-order valence-corrected chi connectivity index (χ3v) is 5.19. The molecule has 3 rings (SSSR count). The number of nitrogens with one attached hydrogen (secondary N) is 1. The van der Waals surface area contributed by atoms with Gasteiger partial charge < -0.3 is 20.7 Å². The Kier molecular flexibility index (Phi) is 5.61. The van der Waals surface area contributed by atoms with Gasteiger partial charge in [-0.15, -0.1) is 0 Å². The summed E-state index contributed by atoms with van der Waals surface area (Å²) in [5.41, 5.74) is 8.07. The van der Waals surface area contributed by atoms with E-state index >= 15 is 0 Å². The largest absolute Gasteiger partial charge is 0.384 e. The Morgan fingerprint density at radius 1 is 1.25 bits per heavy atom. The lowest BCUT2D eigenvalue weighted by Gasteiger charge is -2.36. The van der Waals surface area contributed by atoms with Crippen molar-refractivity contribution in [3.8, 4) is 0 Å². The van der Waals surface area contributed by atoms with Gasteiger partial charge in [0.1, 0.15) is 5.82 Å². The van der Waals surface area contributed by atoms with Crippen LogP contribution < -0.4 is 16.0 Å². The zero-order valence-corrected chi connectivity index (χ0v) is 15.3. The van der Waals surface area contributed by atoms with E-state index in [4.69, 9.17) is 15.5 Å². The number of rotatable bonds is 6. The lowest BCUT2D eigenvalue weighted by atomic mass is 9.78. The summed E-state index contributed by atoms with van der Waals surface area (Å²) in [5.74, 6) is 1.91. The first kappa shape index (κ1) is 17.5. The number of hydrogen-bond donors (Lipinski definition) is 2. The highest BCUT2D eigenvalue weighted by molar-refractivity contribution is 5.53. The maximum absolute atomic E-state index is 5.84. The summed E-state index contributed by atoms with van der Waals surface area (Å²) in [5, 5.41) is 3.54. The maximum Gasteiger partial charge on any atom is 0.129 e. The maximum atomic E-state index is 5.84. The van der Waals surface area contributed by atoms with Gasteiger partial charge in [0.15, 0.2) is 0 Å². The van der Waals surface area contributed by atoms with E-state index in [9.17, 15) is 0 Å². The van der Waals surface area contributed by atoms with Crippen LogP contribution in [0.1, 0.15) is 45.2 Å². The summed E-state index contributed by atoms with van der Waals surface area (Å²) in [6.07, 6.45) is 5.44. The summed E-state index contributed by atoms with van der Waals surface area (Å²) in [4.78, 5) is 7.14. The van der Waals surface area contributed by atoms with Crippen LogP contribution in [0, 0.1) is 12.8 Å². The molecule has 1 aromatic rings. The molecule has 134 valence electrons. The van der Waals surface area contributed by atoms with Crippen LogP contribution in [0.3, 0.4) is 0 Å². The summed E-state index contributed by atoms with van der Waals surface area (Å²) < 4.78 is 5.81. The predicted molar refractivity (Wildman–Crippen MR) is 99.6 cm³/mol. The number of pyridine rings is 1. The minimum absolute atomic E-state index is 0.258. The molecule has 1 aliphatic carbocycles. The van der Waals surface area contributed by atoms with Crippen molar-refractivity contribution in [3.63, 3.8) is 0 Å². The fourth-order valence-corrected chi connectivity index (χ4v) is 3.91. The molecule has 1 saturated carbocycles. The van der Waals surface area contributed by atoms with Gasteiger partial charge in [-0.1, -0.05) is 0 Å². The molecule has 0 spiro atoms. The Morgan fingerprint density at radius 3 is 2.58 bits per heavy atom. The van der Waals surface area contributed by atoms with E-state index in [2.05, 4.69) is 43.1 Å². The molecule has 2 heterocycles. The first-order valence-corrected chi connectivity index (χ1v) is 9.38. The number of aryl methyl sites for hydroxylation is 1. The molecule has 0 radical (unpaired) electrons. The van der Waals surface area contributed by atoms with E-state index in [0.717, 1.165) is 42.8 Å². The molecule has 0 amide bonds. The van der Waals surface area contributed by atoms with Gasteiger partial charge >= 0.3 is 0 Å². The van der Waals surface area contributed by atoms with Crippen molar-refractivity contribution >= 4 is 11.5 Å². The summed E-state index contributed by atoms with van der Waals surface area (Å²) in [6.45, 7) is 9.17. The molecule has 0 bridgehead atoms. The standard InChI is InChI=1S/C19H32N4O/c1-13-11-23(12-14(2)24-13)19-7-6-18(15(3)22-19)21-8-4-5-16-9-17(20)10-16/h6-7,13-14,16-17,21H,4-5,8-12,20H2,1-3H3/t13-,14+,16-,17+. The van der Waals surface area contributed by atoms with Crippen molar-refractivity contribution < 1.29 is 4.74 Å². The van der Waals surface area contributed by atoms with Crippen molar-refractivity contribution in [2.75, 3.05) is 29.9 Å². The van der Waals surface area contributed by atoms with Crippen LogP contribution >= 0.6 is 0 Å². The van der Waals surface area contributed by atoms with Gasteiger partial charge in [-0.25, -0.2) is 4.98 Å². The topological polar surface area (TPSA) is 63.4 Å². The average molecular weight is 332 g/mol. The molecular formula is C19H32N4O. The van der Waals surface area contributed by atoms with Crippen LogP contribution in [-0.2, 0) is 4.74 Å². The lowest BCUT2D eigenvalue weighted by Crippen LogP contribution is -2.45. The van der Waals surface area contributed by atoms with Gasteiger partial charge in [-0.3, -0.25) is 0 Å². The van der Waals surface area contributed by atoms with E-state index in [1.807, 2.05) is 0 Å². The number of aromatic nitrogens is 1. The van der Waals surface area contributed by atoms with Crippen LogP contribution in [0.15, 0.2) is 12.1 Å². The number of nitrogens with zero attached hydrogens (tertiary/aromatic N) is 2. The second-order valence-corrected chi connectivity index (χ2v) is 7.63. The van der Waals surface area contributed by atoms with Crippen molar-refractivity contribution in [1.29, 1.82) is 0 Å². The Hall–Kier alpha value is -1.33. The zero-order chi connectivity index (χ0) is 17.1. The van der Waals surface area contributed by atoms with Gasteiger partial charge in [0.25, 0.3) is 0 Å². The smallest absolute Gasteiger partial charge is 0.129 e. The van der Waals surface area contributed by atoms with Crippen LogP contribution in [0.25, 0.3) is 0 Å². The number of nitrogens with two attached hydrogens (primary N) is 1. The van der Waals surface area contributed by atoms with E-state index in [1.54, 1.807) is 0 Å². The van der Waals surface area contributed by atoms with E-state index in [-0.39, 0.29) is 12.2 Å². The second-order valence-electron chi connectivity index (χ2n) is 7.63. The third kappa shape index (κ3) is 4.39. The molecule has 3 N–H and O–H groups in total. The van der Waals surface area contributed by atoms with Gasteiger partial charge in [-0.2, -0.15) is 0 Å². The van der Waals surface area contributed by atoms with Gasteiger partial charge in [0, 0.05) is 25.7 Å². The molecule has 2 aliphatic rings. The molecule has 0 unspecified atom stereocenters. The van der Waals surface area contributed by atoms with Gasteiger partial charge in [0.05, 0.1) is 23.6 Å². The fourth-order valence-electron chi connectivity index (χ4n) is 3.91. The average Bonchev–Trinajstić information content (AvgIpc) is 2.49. The minimum atomic E-state index is 0.258. The first-order chi connectivity index (χ1) is 11.5. The predicted octanol–water partition coefficient (Wildman–Crippen LogP) is 2.93. The molecule has 24 heavy (non-hydrogen) atoms. The highest BCUT2D eigenvalue weighted by Crippen LogP contribution is 2.29. The molecule has 2 atom stereocenters. The van der Waals surface area contributed by atoms with Crippen molar-refractivity contribution in [1.82, 2.24) is 4.98 Å². The van der Waals surface area contributed by atoms with Crippen molar-refractivity contribution in [2.24, 2.45) is 11.7 Å². The molecule has 1 saturated heterocycles. The SMILES string of the molecule is Cc1nc(N2C[C@@H](C)O[C@@H](C)C2)ccc1NCCC[C@H]1C[C@@H](N)C1. The van der Waals surface area contributed by atoms with Gasteiger partial charge in [-0.05, 0) is 64.5 Å². The minimum Gasteiger partial charge on any atom is -0.384 e. The second kappa shape index (κ2) is 7.70. The first-order valence-electron chi connectivity index (χ1n) is 9.38. The van der Waals surface area contributed by atoms with Crippen LogP contribution in [0.2, 0.25) is 0 Å². The van der Waals surface area contributed by atoms with Crippen molar-refractivity contribution in [3.05, 3.63) is 17.8 Å². The molecule has 1 aromatic heterocycles. The molecule has 5 heteroatoms. The third-order valence-electron chi connectivity index (χ3n) is 5.19. The Bertz CT molecular complexity index is 534. The number of anilines is 2.